The Bertz CT molecular complexity index is 564. The minimum Gasteiger partial charge on any atom is -0.302 e. The summed E-state index contributed by atoms with van der Waals surface area (Å²) in [7, 11) is 1.89. The van der Waals surface area contributed by atoms with Crippen LogP contribution in [0.25, 0.3) is 11.5 Å². The molecule has 0 fully saturated rings. The molecule has 1 N–H and O–H groups in total. The van der Waals surface area contributed by atoms with Gasteiger partial charge in [-0.15, -0.1) is 11.3 Å². The molecule has 0 amide bonds. The van der Waals surface area contributed by atoms with Crippen LogP contribution < -0.4 is 0 Å². The van der Waals surface area contributed by atoms with Gasteiger partial charge in [-0.25, -0.2) is 4.98 Å². The van der Waals surface area contributed by atoms with E-state index in [1.165, 1.54) is 0 Å². The van der Waals surface area contributed by atoms with E-state index in [0.29, 0.717) is 4.77 Å². The number of nitrogens with zero attached hydrogens (tertiary/aromatic N) is 4. The molecule has 18 heavy (non-hydrogen) atoms. The zero-order chi connectivity index (χ0) is 13.1. The molecule has 0 radical (unpaired) electrons. The van der Waals surface area contributed by atoms with Crippen LogP contribution in [0.3, 0.4) is 0 Å². The zero-order valence-electron chi connectivity index (χ0n) is 10.8. The zero-order valence-corrected chi connectivity index (χ0v) is 12.4. The smallest absolute Gasteiger partial charge is 0.195 e. The SMILES string of the molecule is CCN(CC)Cc1nc(-c2n[nH]c(=S)n2C)cs1. The predicted octanol–water partition coefficient (Wildman–Crippen LogP) is 2.44. The van der Waals surface area contributed by atoms with E-state index in [1.807, 2.05) is 17.0 Å². The van der Waals surface area contributed by atoms with Crippen LogP contribution in [0, 0.1) is 4.77 Å². The van der Waals surface area contributed by atoms with E-state index in [4.69, 9.17) is 12.2 Å². The summed E-state index contributed by atoms with van der Waals surface area (Å²) in [5.41, 5.74) is 0.886. The molecule has 0 aromatic carbocycles. The van der Waals surface area contributed by atoms with Gasteiger partial charge in [0.15, 0.2) is 10.6 Å². The first-order chi connectivity index (χ1) is 8.65. The summed E-state index contributed by atoms with van der Waals surface area (Å²) in [5.74, 6) is 0.794. The Morgan fingerprint density at radius 3 is 2.72 bits per heavy atom. The van der Waals surface area contributed by atoms with Crippen molar-refractivity contribution in [2.24, 2.45) is 7.05 Å². The van der Waals surface area contributed by atoms with Crippen molar-refractivity contribution < 1.29 is 0 Å². The third-order valence-corrected chi connectivity index (χ3v) is 4.11. The van der Waals surface area contributed by atoms with Crippen molar-refractivity contribution >= 4 is 23.6 Å². The van der Waals surface area contributed by atoms with Crippen molar-refractivity contribution in [1.29, 1.82) is 0 Å². The first-order valence-electron chi connectivity index (χ1n) is 5.94. The molecule has 0 saturated heterocycles. The number of hydrogen-bond donors (Lipinski definition) is 1. The van der Waals surface area contributed by atoms with Crippen molar-refractivity contribution in [3.8, 4) is 11.5 Å². The highest BCUT2D eigenvalue weighted by atomic mass is 32.1. The highest BCUT2D eigenvalue weighted by molar-refractivity contribution is 7.71. The Kier molecular flexibility index (Phi) is 4.26. The van der Waals surface area contributed by atoms with Crippen molar-refractivity contribution in [2.45, 2.75) is 20.4 Å². The Morgan fingerprint density at radius 2 is 2.17 bits per heavy atom. The van der Waals surface area contributed by atoms with E-state index < -0.39 is 0 Å². The number of thiazole rings is 1. The minimum absolute atomic E-state index is 0.614. The number of nitrogens with one attached hydrogen (secondary N) is 1. The standard InChI is InChI=1S/C11H17N5S2/c1-4-16(5-2)6-9-12-8(7-18-9)10-13-14-11(17)15(10)3/h7H,4-6H2,1-3H3,(H,14,17). The van der Waals surface area contributed by atoms with Crippen LogP contribution in [0.1, 0.15) is 18.9 Å². The second kappa shape index (κ2) is 5.73. The normalized spacial score (nSPS) is 11.3. The highest BCUT2D eigenvalue weighted by Gasteiger charge is 2.11. The molecule has 98 valence electrons. The fourth-order valence-electron chi connectivity index (χ4n) is 1.70. The number of H-pyrrole nitrogens is 1. The van der Waals surface area contributed by atoms with Crippen LogP contribution in [0.2, 0.25) is 0 Å². The summed E-state index contributed by atoms with van der Waals surface area (Å²) < 4.78 is 2.45. The summed E-state index contributed by atoms with van der Waals surface area (Å²) >= 11 is 6.77. The van der Waals surface area contributed by atoms with Crippen molar-refractivity contribution in [1.82, 2.24) is 24.6 Å². The fraction of sp³-hybridized carbons (Fsp3) is 0.545. The van der Waals surface area contributed by atoms with Gasteiger partial charge in [0, 0.05) is 12.4 Å². The number of aromatic nitrogens is 4. The van der Waals surface area contributed by atoms with E-state index in [1.54, 1.807) is 11.3 Å². The Labute approximate surface area is 115 Å². The van der Waals surface area contributed by atoms with Gasteiger partial charge in [0.2, 0.25) is 0 Å². The molecule has 0 unspecified atom stereocenters. The lowest BCUT2D eigenvalue weighted by molar-refractivity contribution is 0.295. The summed E-state index contributed by atoms with van der Waals surface area (Å²) in [6.45, 7) is 7.30. The first kappa shape index (κ1) is 13.4. The molecule has 0 aliphatic rings. The summed E-state index contributed by atoms with van der Waals surface area (Å²) in [6.07, 6.45) is 0. The molecule has 0 aliphatic heterocycles. The van der Waals surface area contributed by atoms with Gasteiger partial charge >= 0.3 is 0 Å². The lowest BCUT2D eigenvalue weighted by atomic mass is 10.4. The summed E-state index contributed by atoms with van der Waals surface area (Å²) in [6, 6.07) is 0. The van der Waals surface area contributed by atoms with Crippen LogP contribution in [-0.4, -0.2) is 37.7 Å². The van der Waals surface area contributed by atoms with Crippen LogP contribution in [0.5, 0.6) is 0 Å². The molecular weight excluding hydrogens is 266 g/mol. The van der Waals surface area contributed by atoms with E-state index in [9.17, 15) is 0 Å². The molecule has 2 aromatic rings. The van der Waals surface area contributed by atoms with E-state index in [2.05, 4.69) is 33.9 Å². The molecule has 5 nitrogen and oxygen atoms in total. The van der Waals surface area contributed by atoms with Gasteiger partial charge in [0.25, 0.3) is 0 Å². The van der Waals surface area contributed by atoms with Crippen molar-refractivity contribution in [2.75, 3.05) is 13.1 Å². The van der Waals surface area contributed by atoms with Gasteiger partial charge in [0.05, 0.1) is 6.54 Å². The highest BCUT2D eigenvalue weighted by Crippen LogP contribution is 2.20. The van der Waals surface area contributed by atoms with Gasteiger partial charge in [-0.2, -0.15) is 5.10 Å². The van der Waals surface area contributed by atoms with E-state index in [0.717, 1.165) is 36.2 Å². The third kappa shape index (κ3) is 2.68. The molecule has 0 aliphatic carbocycles. The third-order valence-electron chi connectivity index (χ3n) is 2.91. The minimum atomic E-state index is 0.614. The van der Waals surface area contributed by atoms with Crippen LogP contribution in [0.4, 0.5) is 0 Å². The largest absolute Gasteiger partial charge is 0.302 e. The van der Waals surface area contributed by atoms with E-state index >= 15 is 0 Å². The average molecular weight is 283 g/mol. The second-order valence-electron chi connectivity index (χ2n) is 4.00. The first-order valence-corrected chi connectivity index (χ1v) is 7.23. The Balaban J connectivity index is 2.20. The van der Waals surface area contributed by atoms with Crippen LogP contribution in [-0.2, 0) is 13.6 Å². The van der Waals surface area contributed by atoms with Gasteiger partial charge < -0.3 is 4.57 Å². The van der Waals surface area contributed by atoms with Gasteiger partial charge in [-0.3, -0.25) is 10.00 Å². The van der Waals surface area contributed by atoms with Crippen LogP contribution in [0.15, 0.2) is 5.38 Å². The van der Waals surface area contributed by atoms with Crippen LogP contribution >= 0.6 is 23.6 Å². The fourth-order valence-corrected chi connectivity index (χ4v) is 2.65. The molecule has 0 bridgehead atoms. The Hall–Kier alpha value is -1.05. The average Bonchev–Trinajstić information content (AvgIpc) is 2.95. The number of aromatic amines is 1. The van der Waals surface area contributed by atoms with Crippen molar-refractivity contribution in [3.05, 3.63) is 15.2 Å². The van der Waals surface area contributed by atoms with Gasteiger partial charge in [-0.05, 0) is 25.3 Å². The molecule has 0 spiro atoms. The van der Waals surface area contributed by atoms with Gasteiger partial charge in [0.1, 0.15) is 10.7 Å². The quantitative estimate of drug-likeness (QED) is 0.856. The molecule has 0 saturated carbocycles. The summed E-state index contributed by atoms with van der Waals surface area (Å²) in [5, 5.41) is 10.1. The molecule has 0 atom stereocenters. The maximum absolute atomic E-state index is 5.10. The molecule has 2 rings (SSSR count). The maximum atomic E-state index is 5.10. The Morgan fingerprint density at radius 1 is 1.44 bits per heavy atom. The van der Waals surface area contributed by atoms with Crippen molar-refractivity contribution in [3.63, 3.8) is 0 Å². The molecule has 7 heteroatoms. The number of rotatable bonds is 5. The second-order valence-corrected chi connectivity index (χ2v) is 5.33. The molecule has 2 aromatic heterocycles. The predicted molar refractivity (Wildman–Crippen MR) is 76.1 cm³/mol. The lowest BCUT2D eigenvalue weighted by Gasteiger charge is -2.15. The topological polar surface area (TPSA) is 49.7 Å². The lowest BCUT2D eigenvalue weighted by Crippen LogP contribution is -2.21. The maximum Gasteiger partial charge on any atom is 0.195 e. The van der Waals surface area contributed by atoms with E-state index in [-0.39, 0.29) is 0 Å². The summed E-state index contributed by atoms with van der Waals surface area (Å²) in [4.78, 5) is 6.96. The van der Waals surface area contributed by atoms with Gasteiger partial charge in [-0.1, -0.05) is 13.8 Å². The monoisotopic (exact) mass is 283 g/mol. The number of hydrogen-bond acceptors (Lipinski definition) is 5. The molecular formula is C11H17N5S2. The molecule has 2 heterocycles.